The minimum Gasteiger partial charge on any atom is -0.285 e. The maximum absolute atomic E-state index is 12.7. The zero-order valence-electron chi connectivity index (χ0n) is 13.1. The molecular weight excluding hydrogens is 284 g/mol. The zero-order chi connectivity index (χ0) is 15.6. The summed E-state index contributed by atoms with van der Waals surface area (Å²) >= 11 is 0. The van der Waals surface area contributed by atoms with Crippen LogP contribution in [0.5, 0.6) is 0 Å². The number of nitrogens with one attached hydrogen (secondary N) is 1. The minimum absolute atomic E-state index is 0.00261. The molecule has 1 fully saturated rings. The highest BCUT2D eigenvalue weighted by Gasteiger charge is 2.19. The monoisotopic (exact) mass is 304 g/mol. The molecule has 0 unspecified atom stereocenters. The first-order valence-electron chi connectivity index (χ1n) is 8.29. The molecule has 1 aliphatic heterocycles. The van der Waals surface area contributed by atoms with Crippen LogP contribution in [0, 0.1) is 0 Å². The molecule has 1 heterocycles. The number of amides is 1. The summed E-state index contributed by atoms with van der Waals surface area (Å²) in [6.45, 7) is 1.89. The van der Waals surface area contributed by atoms with Gasteiger partial charge in [-0.15, -0.1) is 0 Å². The lowest BCUT2D eigenvalue weighted by Gasteiger charge is -2.26. The molecule has 1 amide bonds. The second-order valence-electron chi connectivity index (χ2n) is 6.18. The van der Waals surface area contributed by atoms with Gasteiger partial charge < -0.3 is 0 Å². The van der Waals surface area contributed by atoms with E-state index in [1.54, 1.807) is 0 Å². The van der Waals surface area contributed by atoms with Crippen molar-refractivity contribution in [2.24, 2.45) is 0 Å². The summed E-state index contributed by atoms with van der Waals surface area (Å²) in [4.78, 5) is 12.7. The van der Waals surface area contributed by atoms with Crippen LogP contribution in [0.1, 0.15) is 29.6 Å². The Kier molecular flexibility index (Phi) is 3.72. The van der Waals surface area contributed by atoms with Gasteiger partial charge >= 0.3 is 0 Å². The van der Waals surface area contributed by atoms with Crippen molar-refractivity contribution in [2.45, 2.75) is 19.3 Å². The lowest BCUT2D eigenvalue weighted by Crippen LogP contribution is -2.45. The summed E-state index contributed by atoms with van der Waals surface area (Å²) in [5.74, 6) is -0.00261. The molecule has 23 heavy (non-hydrogen) atoms. The number of nitrogens with zero attached hydrogens (tertiary/aromatic N) is 1. The lowest BCUT2D eigenvalue weighted by atomic mass is 10.0. The predicted molar refractivity (Wildman–Crippen MR) is 93.5 cm³/mol. The molecule has 3 nitrogen and oxygen atoms in total. The summed E-state index contributed by atoms with van der Waals surface area (Å²) in [6.07, 6.45) is 3.57. The molecule has 0 saturated carbocycles. The van der Waals surface area contributed by atoms with Crippen molar-refractivity contribution in [2.75, 3.05) is 13.1 Å². The Hall–Kier alpha value is -2.39. The van der Waals surface area contributed by atoms with Crippen molar-refractivity contribution in [1.82, 2.24) is 10.4 Å². The molecule has 3 aliphatic rings. The fraction of sp³-hybridized carbons (Fsp3) is 0.250. The number of benzene rings is 1. The fourth-order valence-corrected chi connectivity index (χ4v) is 3.45. The first-order chi connectivity index (χ1) is 11.3. The summed E-state index contributed by atoms with van der Waals surface area (Å²) in [5.41, 5.74) is 5.97. The highest BCUT2D eigenvalue weighted by Crippen LogP contribution is 2.33. The van der Waals surface area contributed by atoms with Crippen molar-refractivity contribution in [3.05, 3.63) is 60.2 Å². The molecule has 0 atom stereocenters. The molecule has 116 valence electrons. The van der Waals surface area contributed by atoms with Crippen LogP contribution in [0.2, 0.25) is 0 Å². The summed E-state index contributed by atoms with van der Waals surface area (Å²) in [7, 11) is 0. The number of carbonyl (C=O) groups is 1. The van der Waals surface area contributed by atoms with Gasteiger partial charge in [0.05, 0.1) is 0 Å². The number of fused-ring (bicyclic) bond motifs is 3. The van der Waals surface area contributed by atoms with Crippen molar-refractivity contribution in [3.8, 4) is 11.1 Å². The first-order valence-corrected chi connectivity index (χ1v) is 8.29. The van der Waals surface area contributed by atoms with Gasteiger partial charge in [-0.1, -0.05) is 55.0 Å². The quantitative estimate of drug-likeness (QED) is 0.774. The van der Waals surface area contributed by atoms with E-state index in [1.807, 2.05) is 35.3 Å². The number of hydrogen-bond donors (Lipinski definition) is 1. The molecule has 1 aromatic rings. The molecule has 0 spiro atoms. The largest absolute Gasteiger partial charge is 0.285 e. The third-order valence-corrected chi connectivity index (χ3v) is 4.65. The summed E-state index contributed by atoms with van der Waals surface area (Å²) in [6, 6.07) is 18.5. The van der Waals surface area contributed by atoms with Gasteiger partial charge in [-0.05, 0) is 40.8 Å². The number of rotatable bonds is 2. The SMILES string of the molecule is O=C(NN1CCCCC1)c1ccc2c3ccccc3cccc1-2. The highest BCUT2D eigenvalue weighted by atomic mass is 16.2. The average molecular weight is 304 g/mol. The van der Waals surface area contributed by atoms with Gasteiger partial charge in [0, 0.05) is 18.7 Å². The van der Waals surface area contributed by atoms with E-state index < -0.39 is 0 Å². The molecule has 1 aromatic carbocycles. The number of piperidine rings is 1. The third-order valence-electron chi connectivity index (χ3n) is 4.65. The van der Waals surface area contributed by atoms with Crippen LogP contribution in [0.25, 0.3) is 21.9 Å². The van der Waals surface area contributed by atoms with Crippen molar-refractivity contribution in [3.63, 3.8) is 0 Å². The third kappa shape index (κ3) is 2.68. The van der Waals surface area contributed by atoms with Gasteiger partial charge in [-0.2, -0.15) is 0 Å². The summed E-state index contributed by atoms with van der Waals surface area (Å²) < 4.78 is 0. The molecule has 1 saturated heterocycles. The lowest BCUT2D eigenvalue weighted by molar-refractivity contribution is 0.0751. The van der Waals surface area contributed by atoms with Crippen LogP contribution in [0.15, 0.2) is 54.6 Å². The van der Waals surface area contributed by atoms with E-state index in [9.17, 15) is 4.79 Å². The maximum atomic E-state index is 12.7. The molecule has 1 N–H and O–H groups in total. The molecule has 2 aliphatic carbocycles. The molecule has 3 heteroatoms. The van der Waals surface area contributed by atoms with E-state index in [2.05, 4.69) is 29.7 Å². The van der Waals surface area contributed by atoms with Crippen LogP contribution >= 0.6 is 0 Å². The van der Waals surface area contributed by atoms with E-state index >= 15 is 0 Å². The van der Waals surface area contributed by atoms with E-state index in [-0.39, 0.29) is 5.91 Å². The van der Waals surface area contributed by atoms with Crippen molar-refractivity contribution >= 4 is 16.7 Å². The van der Waals surface area contributed by atoms with E-state index in [0.29, 0.717) is 0 Å². The van der Waals surface area contributed by atoms with Crippen molar-refractivity contribution < 1.29 is 4.79 Å². The van der Waals surface area contributed by atoms with Gasteiger partial charge in [0.2, 0.25) is 0 Å². The topological polar surface area (TPSA) is 32.3 Å². The predicted octanol–water partition coefficient (Wildman–Crippen LogP) is 4.08. The second kappa shape index (κ2) is 6.01. The Morgan fingerprint density at radius 2 is 1.61 bits per heavy atom. The first kappa shape index (κ1) is 14.2. The minimum atomic E-state index is -0.00261. The molecule has 0 radical (unpaired) electrons. The van der Waals surface area contributed by atoms with Gasteiger partial charge in [0.25, 0.3) is 5.91 Å². The smallest absolute Gasteiger partial charge is 0.266 e. The Morgan fingerprint density at radius 1 is 0.826 bits per heavy atom. The Labute approximate surface area is 136 Å². The zero-order valence-corrected chi connectivity index (χ0v) is 13.1. The van der Waals surface area contributed by atoms with Gasteiger partial charge in [0.1, 0.15) is 0 Å². The summed E-state index contributed by atoms with van der Waals surface area (Å²) in [5, 5.41) is 4.42. The van der Waals surface area contributed by atoms with Crippen LogP contribution in [-0.4, -0.2) is 24.0 Å². The van der Waals surface area contributed by atoms with Gasteiger partial charge in [0.15, 0.2) is 0 Å². The maximum Gasteiger partial charge on any atom is 0.266 e. The fourth-order valence-electron chi connectivity index (χ4n) is 3.45. The Bertz CT molecular complexity index is 821. The Morgan fingerprint density at radius 3 is 2.48 bits per heavy atom. The average Bonchev–Trinajstić information content (AvgIpc) is 2.92. The molecular formula is C20H20N2O. The van der Waals surface area contributed by atoms with Crippen molar-refractivity contribution in [1.29, 1.82) is 0 Å². The highest BCUT2D eigenvalue weighted by molar-refractivity contribution is 6.07. The molecule has 0 bridgehead atoms. The second-order valence-corrected chi connectivity index (χ2v) is 6.18. The van der Waals surface area contributed by atoms with Gasteiger partial charge in [-0.3, -0.25) is 10.2 Å². The van der Waals surface area contributed by atoms with E-state index in [1.165, 1.54) is 17.2 Å². The normalized spacial score (nSPS) is 15.8. The van der Waals surface area contributed by atoms with Crippen LogP contribution in [0.3, 0.4) is 0 Å². The number of hydrazine groups is 1. The number of hydrogen-bond acceptors (Lipinski definition) is 2. The van der Waals surface area contributed by atoms with Crippen LogP contribution in [-0.2, 0) is 0 Å². The van der Waals surface area contributed by atoms with E-state index in [4.69, 9.17) is 0 Å². The van der Waals surface area contributed by atoms with Crippen LogP contribution in [0.4, 0.5) is 0 Å². The molecule has 0 aromatic heterocycles. The van der Waals surface area contributed by atoms with Crippen LogP contribution < -0.4 is 5.43 Å². The molecule has 4 rings (SSSR count). The number of carbonyl (C=O) groups excluding carboxylic acids is 1. The van der Waals surface area contributed by atoms with E-state index in [0.717, 1.165) is 42.6 Å². The van der Waals surface area contributed by atoms with Gasteiger partial charge in [-0.25, -0.2) is 5.01 Å². The standard InChI is InChI=1S/C20H20N2O/c23-20(21-22-13-4-1-5-14-22)19-12-11-18-16-9-3-2-7-15(16)8-6-10-17(18)19/h2-3,6-12H,1,4-5,13-14H2,(H,21,23). The Balaban J connectivity index is 1.69.